The molecular formula is C23H27N3O3. The summed E-state index contributed by atoms with van der Waals surface area (Å²) in [5, 5.41) is 5.68. The van der Waals surface area contributed by atoms with E-state index in [0.29, 0.717) is 17.9 Å². The molecule has 6 nitrogen and oxygen atoms in total. The van der Waals surface area contributed by atoms with Crippen molar-refractivity contribution in [2.24, 2.45) is 11.8 Å². The molecule has 0 spiro atoms. The van der Waals surface area contributed by atoms with Crippen LogP contribution in [0, 0.1) is 11.8 Å². The minimum atomic E-state index is -0.395. The molecule has 2 aromatic carbocycles. The zero-order valence-corrected chi connectivity index (χ0v) is 17.1. The van der Waals surface area contributed by atoms with Crippen LogP contribution in [0.1, 0.15) is 32.8 Å². The Morgan fingerprint density at radius 3 is 2.14 bits per heavy atom. The topological polar surface area (TPSA) is 78.5 Å². The lowest BCUT2D eigenvalue weighted by atomic mass is 10.1. The molecule has 1 aliphatic rings. The molecule has 2 aromatic rings. The summed E-state index contributed by atoms with van der Waals surface area (Å²) in [4.78, 5) is 38.5. The van der Waals surface area contributed by atoms with Gasteiger partial charge in [0.25, 0.3) is 0 Å². The molecule has 0 unspecified atom stereocenters. The Kier molecular flexibility index (Phi) is 6.32. The van der Waals surface area contributed by atoms with E-state index in [9.17, 15) is 14.4 Å². The summed E-state index contributed by atoms with van der Waals surface area (Å²) < 4.78 is 0. The summed E-state index contributed by atoms with van der Waals surface area (Å²) >= 11 is 0. The second-order valence-electron chi connectivity index (χ2n) is 7.64. The van der Waals surface area contributed by atoms with Gasteiger partial charge < -0.3 is 15.5 Å². The molecule has 3 rings (SSSR count). The van der Waals surface area contributed by atoms with Crippen molar-refractivity contribution in [1.29, 1.82) is 0 Å². The van der Waals surface area contributed by atoms with Gasteiger partial charge in [0.1, 0.15) is 0 Å². The first-order valence-corrected chi connectivity index (χ1v) is 9.98. The van der Waals surface area contributed by atoms with Crippen LogP contribution >= 0.6 is 0 Å². The maximum absolute atomic E-state index is 12.6. The number of aryl methyl sites for hydroxylation is 1. The van der Waals surface area contributed by atoms with Crippen LogP contribution in [0.25, 0.3) is 0 Å². The van der Waals surface area contributed by atoms with Gasteiger partial charge in [-0.1, -0.05) is 32.9 Å². The van der Waals surface area contributed by atoms with Gasteiger partial charge in [-0.25, -0.2) is 0 Å². The highest BCUT2D eigenvalue weighted by atomic mass is 16.2. The lowest BCUT2D eigenvalue weighted by Crippen LogP contribution is -2.28. The molecule has 3 amide bonds. The van der Waals surface area contributed by atoms with Crippen molar-refractivity contribution in [3.8, 4) is 0 Å². The number of carbonyl (C=O) groups excluding carboxylic acids is 3. The van der Waals surface area contributed by atoms with Crippen LogP contribution in [-0.4, -0.2) is 24.3 Å². The van der Waals surface area contributed by atoms with Gasteiger partial charge in [0.2, 0.25) is 17.7 Å². The summed E-state index contributed by atoms with van der Waals surface area (Å²) in [6, 6.07) is 14.9. The number of nitrogens with one attached hydrogen (secondary N) is 2. The third kappa shape index (κ3) is 5.02. The Hall–Kier alpha value is -3.15. The van der Waals surface area contributed by atoms with Crippen LogP contribution in [0.3, 0.4) is 0 Å². The molecular weight excluding hydrogens is 366 g/mol. The quantitative estimate of drug-likeness (QED) is 0.783. The molecule has 1 saturated heterocycles. The van der Waals surface area contributed by atoms with Gasteiger partial charge in [-0.15, -0.1) is 0 Å². The van der Waals surface area contributed by atoms with Crippen LogP contribution in [-0.2, 0) is 20.8 Å². The number of benzene rings is 2. The highest BCUT2D eigenvalue weighted by Crippen LogP contribution is 2.26. The fourth-order valence-corrected chi connectivity index (χ4v) is 3.21. The summed E-state index contributed by atoms with van der Waals surface area (Å²) in [7, 11) is 0. The van der Waals surface area contributed by atoms with E-state index >= 15 is 0 Å². The van der Waals surface area contributed by atoms with Crippen LogP contribution in [0.5, 0.6) is 0 Å². The highest BCUT2D eigenvalue weighted by molar-refractivity contribution is 6.03. The first-order chi connectivity index (χ1) is 13.9. The van der Waals surface area contributed by atoms with Crippen molar-refractivity contribution in [1.82, 2.24) is 0 Å². The Bertz CT molecular complexity index is 889. The lowest BCUT2D eigenvalue weighted by Gasteiger charge is -2.17. The molecule has 0 aromatic heterocycles. The third-order valence-electron chi connectivity index (χ3n) is 5.10. The minimum absolute atomic E-state index is 0.0406. The van der Waals surface area contributed by atoms with E-state index in [0.717, 1.165) is 12.1 Å². The molecule has 1 fully saturated rings. The molecule has 2 N–H and O–H groups in total. The zero-order valence-electron chi connectivity index (χ0n) is 17.1. The standard InChI is InChI=1S/C23H27N3O3/c1-4-16-5-11-20(12-6-16)26-14-17(13-21(26)27)23(29)25-19-9-7-18(8-10-19)24-22(28)15(2)3/h5-12,15,17H,4,13-14H2,1-3H3,(H,24,28)(H,25,29)/t17-/m0/s1. The van der Waals surface area contributed by atoms with E-state index in [4.69, 9.17) is 0 Å². The lowest BCUT2D eigenvalue weighted by molar-refractivity contribution is -0.122. The number of anilines is 3. The van der Waals surface area contributed by atoms with Crippen LogP contribution in [0.15, 0.2) is 48.5 Å². The van der Waals surface area contributed by atoms with Gasteiger partial charge in [-0.3, -0.25) is 14.4 Å². The number of hydrogen-bond donors (Lipinski definition) is 2. The zero-order chi connectivity index (χ0) is 21.0. The summed E-state index contributed by atoms with van der Waals surface area (Å²) in [6.45, 7) is 6.11. The van der Waals surface area contributed by atoms with Crippen LogP contribution in [0.4, 0.5) is 17.1 Å². The first kappa shape index (κ1) is 20.6. The van der Waals surface area contributed by atoms with E-state index < -0.39 is 5.92 Å². The van der Waals surface area contributed by atoms with Crippen LogP contribution in [0.2, 0.25) is 0 Å². The maximum atomic E-state index is 12.6. The minimum Gasteiger partial charge on any atom is -0.326 e. The predicted molar refractivity (Wildman–Crippen MR) is 115 cm³/mol. The molecule has 0 saturated carbocycles. The average Bonchev–Trinajstić information content (AvgIpc) is 3.11. The van der Waals surface area contributed by atoms with Gasteiger partial charge in [0, 0.05) is 35.9 Å². The Balaban J connectivity index is 1.59. The summed E-state index contributed by atoms with van der Waals surface area (Å²) in [6.07, 6.45) is 1.14. The molecule has 29 heavy (non-hydrogen) atoms. The normalized spacial score (nSPS) is 16.2. The van der Waals surface area contributed by atoms with Crippen molar-refractivity contribution in [3.63, 3.8) is 0 Å². The van der Waals surface area contributed by atoms with Crippen molar-refractivity contribution < 1.29 is 14.4 Å². The van der Waals surface area contributed by atoms with Gasteiger partial charge >= 0.3 is 0 Å². The van der Waals surface area contributed by atoms with Crippen LogP contribution < -0.4 is 15.5 Å². The Labute approximate surface area is 171 Å². The van der Waals surface area contributed by atoms with Crippen molar-refractivity contribution in [2.75, 3.05) is 22.1 Å². The number of carbonyl (C=O) groups is 3. The van der Waals surface area contributed by atoms with E-state index in [2.05, 4.69) is 17.6 Å². The molecule has 1 aliphatic heterocycles. The highest BCUT2D eigenvalue weighted by Gasteiger charge is 2.35. The molecule has 1 heterocycles. The van der Waals surface area contributed by atoms with Gasteiger partial charge in [-0.05, 0) is 48.4 Å². The number of rotatable bonds is 6. The Morgan fingerprint density at radius 2 is 1.59 bits per heavy atom. The number of amides is 3. The average molecular weight is 393 g/mol. The maximum Gasteiger partial charge on any atom is 0.229 e. The molecule has 1 atom stereocenters. The molecule has 152 valence electrons. The van der Waals surface area contributed by atoms with E-state index in [1.807, 2.05) is 38.1 Å². The summed E-state index contributed by atoms with van der Waals surface area (Å²) in [5.74, 6) is -0.770. The van der Waals surface area contributed by atoms with Crippen molar-refractivity contribution >= 4 is 34.8 Å². The summed E-state index contributed by atoms with van der Waals surface area (Å²) in [5.41, 5.74) is 3.35. The number of nitrogens with zero attached hydrogens (tertiary/aromatic N) is 1. The number of hydrogen-bond acceptors (Lipinski definition) is 3. The largest absolute Gasteiger partial charge is 0.326 e. The smallest absolute Gasteiger partial charge is 0.229 e. The SMILES string of the molecule is CCc1ccc(N2C[C@@H](C(=O)Nc3ccc(NC(=O)C(C)C)cc3)CC2=O)cc1. The van der Waals surface area contributed by atoms with E-state index in [1.54, 1.807) is 29.2 Å². The van der Waals surface area contributed by atoms with Gasteiger partial charge in [0.15, 0.2) is 0 Å². The predicted octanol–water partition coefficient (Wildman–Crippen LogP) is 3.84. The molecule has 0 bridgehead atoms. The molecule has 0 radical (unpaired) electrons. The third-order valence-corrected chi connectivity index (χ3v) is 5.10. The van der Waals surface area contributed by atoms with Gasteiger partial charge in [0.05, 0.1) is 5.92 Å². The fourth-order valence-electron chi connectivity index (χ4n) is 3.21. The van der Waals surface area contributed by atoms with E-state index in [-0.39, 0.29) is 30.1 Å². The van der Waals surface area contributed by atoms with E-state index in [1.165, 1.54) is 5.56 Å². The first-order valence-electron chi connectivity index (χ1n) is 9.98. The fraction of sp³-hybridized carbons (Fsp3) is 0.348. The molecule has 6 heteroatoms. The molecule has 0 aliphatic carbocycles. The van der Waals surface area contributed by atoms with Crippen molar-refractivity contribution in [2.45, 2.75) is 33.6 Å². The van der Waals surface area contributed by atoms with Crippen molar-refractivity contribution in [3.05, 3.63) is 54.1 Å². The van der Waals surface area contributed by atoms with Gasteiger partial charge in [-0.2, -0.15) is 0 Å². The second-order valence-corrected chi connectivity index (χ2v) is 7.64. The Morgan fingerprint density at radius 1 is 1.00 bits per heavy atom. The second kappa shape index (κ2) is 8.90. The monoisotopic (exact) mass is 393 g/mol.